The lowest BCUT2D eigenvalue weighted by Crippen LogP contribution is -2.27. The monoisotopic (exact) mass is 298 g/mol. The summed E-state index contributed by atoms with van der Waals surface area (Å²) >= 11 is 5.97. The van der Waals surface area contributed by atoms with Gasteiger partial charge in [0.25, 0.3) is 5.69 Å². The van der Waals surface area contributed by atoms with Crippen LogP contribution in [0.3, 0.4) is 0 Å². The van der Waals surface area contributed by atoms with Crippen molar-refractivity contribution in [1.82, 2.24) is 0 Å². The van der Waals surface area contributed by atoms with Crippen LogP contribution in [0.15, 0.2) is 18.2 Å². The second kappa shape index (κ2) is 5.46. The Kier molecular flexibility index (Phi) is 3.89. The normalized spacial score (nSPS) is 18.2. The molecule has 1 heterocycles. The molecule has 106 valence electrons. The number of nitro groups is 1. The summed E-state index contributed by atoms with van der Waals surface area (Å²) in [7, 11) is 1.23. The minimum atomic E-state index is -0.636. The smallest absolute Gasteiger partial charge is 0.311 e. The van der Waals surface area contributed by atoms with Crippen LogP contribution in [-0.2, 0) is 14.3 Å². The van der Waals surface area contributed by atoms with Gasteiger partial charge < -0.3 is 9.64 Å². The highest BCUT2D eigenvalue weighted by atomic mass is 35.5. The Morgan fingerprint density at radius 3 is 2.85 bits per heavy atom. The number of anilines is 1. The van der Waals surface area contributed by atoms with E-state index < -0.39 is 22.7 Å². The fourth-order valence-corrected chi connectivity index (χ4v) is 2.44. The van der Waals surface area contributed by atoms with E-state index in [0.29, 0.717) is 0 Å². The van der Waals surface area contributed by atoms with E-state index in [9.17, 15) is 19.7 Å². The number of nitrogens with zero attached hydrogens (tertiary/aromatic N) is 2. The summed E-state index contributed by atoms with van der Waals surface area (Å²) in [4.78, 5) is 35.0. The van der Waals surface area contributed by atoms with Crippen molar-refractivity contribution < 1.29 is 19.2 Å². The SMILES string of the molecule is COC(=O)C1CC(=O)N(c2c(Cl)cccc2[N+](=O)[O-])C1. The average molecular weight is 299 g/mol. The number of carbonyl (C=O) groups is 2. The summed E-state index contributed by atoms with van der Waals surface area (Å²) in [6.45, 7) is 0.0239. The highest BCUT2D eigenvalue weighted by Gasteiger charge is 2.39. The van der Waals surface area contributed by atoms with Gasteiger partial charge in [0.1, 0.15) is 5.69 Å². The van der Waals surface area contributed by atoms with E-state index in [1.54, 1.807) is 0 Å². The highest BCUT2D eigenvalue weighted by Crippen LogP contribution is 2.38. The van der Waals surface area contributed by atoms with Gasteiger partial charge in [0, 0.05) is 19.0 Å². The number of hydrogen-bond acceptors (Lipinski definition) is 5. The molecule has 0 spiro atoms. The van der Waals surface area contributed by atoms with Gasteiger partial charge in [0.2, 0.25) is 5.91 Å². The maximum Gasteiger partial charge on any atom is 0.311 e. The van der Waals surface area contributed by atoms with Crippen LogP contribution in [-0.4, -0.2) is 30.5 Å². The molecule has 0 radical (unpaired) electrons. The van der Waals surface area contributed by atoms with Crippen LogP contribution >= 0.6 is 11.6 Å². The molecule has 1 amide bonds. The van der Waals surface area contributed by atoms with E-state index in [2.05, 4.69) is 4.74 Å². The van der Waals surface area contributed by atoms with Crippen molar-refractivity contribution in [3.8, 4) is 0 Å². The Balaban J connectivity index is 2.40. The molecule has 1 aliphatic heterocycles. The van der Waals surface area contributed by atoms with Gasteiger partial charge in [-0.25, -0.2) is 0 Å². The number of methoxy groups -OCH3 is 1. The highest BCUT2D eigenvalue weighted by molar-refractivity contribution is 6.34. The number of rotatable bonds is 3. The van der Waals surface area contributed by atoms with Crippen LogP contribution < -0.4 is 4.90 Å². The van der Waals surface area contributed by atoms with Crippen molar-refractivity contribution in [2.24, 2.45) is 5.92 Å². The summed E-state index contributed by atoms with van der Waals surface area (Å²) in [5.74, 6) is -1.55. The molecule has 7 nitrogen and oxygen atoms in total. The number of hydrogen-bond donors (Lipinski definition) is 0. The zero-order chi connectivity index (χ0) is 14.9. The average Bonchev–Trinajstić information content (AvgIpc) is 2.79. The van der Waals surface area contributed by atoms with Crippen LogP contribution in [0.5, 0.6) is 0 Å². The number of benzene rings is 1. The van der Waals surface area contributed by atoms with Gasteiger partial charge in [-0.3, -0.25) is 19.7 Å². The molecule has 0 N–H and O–H groups in total. The van der Waals surface area contributed by atoms with E-state index in [0.717, 1.165) is 0 Å². The van der Waals surface area contributed by atoms with E-state index in [1.807, 2.05) is 0 Å². The lowest BCUT2D eigenvalue weighted by Gasteiger charge is -2.17. The number of para-hydroxylation sites is 1. The predicted octanol–water partition coefficient (Wildman–Crippen LogP) is 1.77. The van der Waals surface area contributed by atoms with Crippen LogP contribution in [0.2, 0.25) is 5.02 Å². The van der Waals surface area contributed by atoms with Gasteiger partial charge in [-0.2, -0.15) is 0 Å². The number of esters is 1. The van der Waals surface area contributed by atoms with E-state index in [-0.39, 0.29) is 29.4 Å². The molecule has 8 heteroatoms. The summed E-state index contributed by atoms with van der Waals surface area (Å²) in [5, 5.41) is 11.1. The Morgan fingerprint density at radius 2 is 2.25 bits per heavy atom. The third-order valence-corrected chi connectivity index (χ3v) is 3.40. The molecule has 1 fully saturated rings. The zero-order valence-electron chi connectivity index (χ0n) is 10.5. The Hall–Kier alpha value is -2.15. The van der Waals surface area contributed by atoms with Gasteiger partial charge in [-0.05, 0) is 6.07 Å². The molecule has 1 aromatic rings. The fraction of sp³-hybridized carbons (Fsp3) is 0.333. The molecule has 1 atom stereocenters. The minimum Gasteiger partial charge on any atom is -0.469 e. The van der Waals surface area contributed by atoms with Gasteiger partial charge in [0.15, 0.2) is 0 Å². The summed E-state index contributed by atoms with van der Waals surface area (Å²) < 4.78 is 4.59. The van der Waals surface area contributed by atoms with Crippen molar-refractivity contribution in [2.75, 3.05) is 18.6 Å². The molecule has 1 unspecified atom stereocenters. The maximum absolute atomic E-state index is 12.0. The van der Waals surface area contributed by atoms with Crippen LogP contribution in [0.25, 0.3) is 0 Å². The van der Waals surface area contributed by atoms with Crippen molar-refractivity contribution in [1.29, 1.82) is 0 Å². The Labute approximate surface area is 119 Å². The standard InChI is InChI=1S/C12H11ClN2O5/c1-20-12(17)7-5-10(16)14(6-7)11-8(13)3-2-4-9(11)15(18)19/h2-4,7H,5-6H2,1H3. The first-order valence-electron chi connectivity index (χ1n) is 5.76. The first-order valence-corrected chi connectivity index (χ1v) is 6.14. The van der Waals surface area contributed by atoms with Gasteiger partial charge >= 0.3 is 5.97 Å². The molecule has 1 saturated heterocycles. The van der Waals surface area contributed by atoms with Crippen molar-refractivity contribution >= 4 is 34.9 Å². The molecular formula is C12H11ClN2O5. The van der Waals surface area contributed by atoms with Gasteiger partial charge in [-0.15, -0.1) is 0 Å². The second-order valence-corrected chi connectivity index (χ2v) is 4.70. The second-order valence-electron chi connectivity index (χ2n) is 4.29. The first-order chi connectivity index (χ1) is 9.45. The van der Waals surface area contributed by atoms with E-state index >= 15 is 0 Å². The number of halogens is 1. The van der Waals surface area contributed by atoms with Gasteiger partial charge in [-0.1, -0.05) is 17.7 Å². The molecule has 0 bridgehead atoms. The lowest BCUT2D eigenvalue weighted by molar-refractivity contribution is -0.384. The third kappa shape index (κ3) is 2.44. The molecule has 2 rings (SSSR count). The lowest BCUT2D eigenvalue weighted by atomic mass is 10.1. The molecular weight excluding hydrogens is 288 g/mol. The first kappa shape index (κ1) is 14.3. The summed E-state index contributed by atoms with van der Waals surface area (Å²) in [6, 6.07) is 4.16. The molecule has 1 aromatic carbocycles. The summed E-state index contributed by atoms with van der Waals surface area (Å²) in [6.07, 6.45) is -0.0466. The van der Waals surface area contributed by atoms with E-state index in [4.69, 9.17) is 11.6 Å². The number of ether oxygens (including phenoxy) is 1. The molecule has 0 saturated carbocycles. The third-order valence-electron chi connectivity index (χ3n) is 3.09. The fourth-order valence-electron chi connectivity index (χ4n) is 2.17. The molecule has 20 heavy (non-hydrogen) atoms. The number of carbonyl (C=O) groups excluding carboxylic acids is 2. The van der Waals surface area contributed by atoms with Crippen molar-refractivity contribution in [2.45, 2.75) is 6.42 Å². The van der Waals surface area contributed by atoms with E-state index in [1.165, 1.54) is 30.2 Å². The summed E-state index contributed by atoms with van der Waals surface area (Å²) in [5.41, 5.74) is -0.244. The molecule has 0 aromatic heterocycles. The largest absolute Gasteiger partial charge is 0.469 e. The van der Waals surface area contributed by atoms with Crippen LogP contribution in [0, 0.1) is 16.0 Å². The Morgan fingerprint density at radius 1 is 1.55 bits per heavy atom. The van der Waals surface area contributed by atoms with Crippen molar-refractivity contribution in [3.05, 3.63) is 33.3 Å². The zero-order valence-corrected chi connectivity index (χ0v) is 11.3. The van der Waals surface area contributed by atoms with Crippen LogP contribution in [0.1, 0.15) is 6.42 Å². The Bertz CT molecular complexity index is 589. The predicted molar refractivity (Wildman–Crippen MR) is 70.6 cm³/mol. The number of amides is 1. The topological polar surface area (TPSA) is 89.8 Å². The maximum atomic E-state index is 12.0. The minimum absolute atomic E-state index is 0.0237. The number of nitro benzene ring substituents is 1. The van der Waals surface area contributed by atoms with Gasteiger partial charge in [0.05, 0.1) is 23.0 Å². The quantitative estimate of drug-likeness (QED) is 0.482. The molecule has 1 aliphatic rings. The van der Waals surface area contributed by atoms with Crippen LogP contribution in [0.4, 0.5) is 11.4 Å². The van der Waals surface area contributed by atoms with Crippen molar-refractivity contribution in [3.63, 3.8) is 0 Å². The molecule has 0 aliphatic carbocycles.